The summed E-state index contributed by atoms with van der Waals surface area (Å²) in [7, 11) is 7.64. The maximum atomic E-state index is 5.64. The summed E-state index contributed by atoms with van der Waals surface area (Å²) in [6, 6.07) is 8.32. The van der Waals surface area contributed by atoms with E-state index in [1.165, 1.54) is 0 Å². The average molecular weight is 462 g/mol. The highest BCUT2D eigenvalue weighted by Gasteiger charge is 2.19. The van der Waals surface area contributed by atoms with Gasteiger partial charge in [0.15, 0.2) is 5.96 Å². The summed E-state index contributed by atoms with van der Waals surface area (Å²) in [6.07, 6.45) is 2.56. The van der Waals surface area contributed by atoms with Gasteiger partial charge in [0, 0.05) is 32.3 Å². The molecule has 0 radical (unpaired) electrons. The Morgan fingerprint density at radius 3 is 2.72 bits per heavy atom. The van der Waals surface area contributed by atoms with Crippen molar-refractivity contribution >= 4 is 29.9 Å². The molecule has 1 fully saturated rings. The zero-order valence-electron chi connectivity index (χ0n) is 15.6. The van der Waals surface area contributed by atoms with Crippen molar-refractivity contribution in [3.05, 3.63) is 29.8 Å². The number of halogens is 1. The second kappa shape index (κ2) is 11.5. The molecular formula is C18H31IN4O2. The van der Waals surface area contributed by atoms with E-state index in [-0.39, 0.29) is 30.0 Å². The number of hydrogen-bond acceptors (Lipinski definition) is 4. The van der Waals surface area contributed by atoms with E-state index in [2.05, 4.69) is 40.7 Å². The first kappa shape index (κ1) is 22.0. The molecule has 7 heteroatoms. The van der Waals surface area contributed by atoms with E-state index >= 15 is 0 Å². The third-order valence-electron chi connectivity index (χ3n) is 4.33. The van der Waals surface area contributed by atoms with Crippen LogP contribution in [0, 0.1) is 0 Å². The van der Waals surface area contributed by atoms with E-state index in [4.69, 9.17) is 9.47 Å². The number of nitrogens with zero attached hydrogens (tertiary/aromatic N) is 2. The van der Waals surface area contributed by atoms with Gasteiger partial charge in [0.2, 0.25) is 0 Å². The lowest BCUT2D eigenvalue weighted by Crippen LogP contribution is -2.44. The van der Waals surface area contributed by atoms with Crippen molar-refractivity contribution < 1.29 is 9.47 Å². The van der Waals surface area contributed by atoms with Crippen LogP contribution in [-0.2, 0) is 4.74 Å². The summed E-state index contributed by atoms with van der Waals surface area (Å²) in [5.74, 6) is 1.70. The van der Waals surface area contributed by atoms with Crippen molar-refractivity contribution in [3.8, 4) is 5.75 Å². The minimum absolute atomic E-state index is 0. The monoisotopic (exact) mass is 462 g/mol. The number of aliphatic imine (C=N–C) groups is 1. The van der Waals surface area contributed by atoms with Crippen LogP contribution in [0.4, 0.5) is 0 Å². The number of para-hydroxylation sites is 1. The van der Waals surface area contributed by atoms with Crippen molar-refractivity contribution in [2.75, 3.05) is 47.9 Å². The Kier molecular flexibility index (Phi) is 10.1. The fourth-order valence-electron chi connectivity index (χ4n) is 2.94. The highest BCUT2D eigenvalue weighted by molar-refractivity contribution is 14.0. The predicted octanol–water partition coefficient (Wildman–Crippen LogP) is 2.26. The Bertz CT molecular complexity index is 534. The minimum atomic E-state index is 0. The molecular weight excluding hydrogens is 431 g/mol. The Labute approximate surface area is 168 Å². The molecule has 1 saturated heterocycles. The number of guanidine groups is 1. The van der Waals surface area contributed by atoms with Crippen molar-refractivity contribution in [1.29, 1.82) is 0 Å². The van der Waals surface area contributed by atoms with E-state index < -0.39 is 0 Å². The quantitative estimate of drug-likeness (QED) is 0.370. The van der Waals surface area contributed by atoms with E-state index in [1.54, 1.807) is 14.2 Å². The molecule has 0 saturated carbocycles. The molecule has 0 aliphatic carbocycles. The summed E-state index contributed by atoms with van der Waals surface area (Å²) in [5, 5.41) is 6.76. The van der Waals surface area contributed by atoms with Crippen LogP contribution in [0.5, 0.6) is 5.75 Å². The second-order valence-electron chi connectivity index (χ2n) is 6.19. The third kappa shape index (κ3) is 6.63. The van der Waals surface area contributed by atoms with Gasteiger partial charge in [0.25, 0.3) is 0 Å². The van der Waals surface area contributed by atoms with Crippen LogP contribution in [-0.4, -0.2) is 64.9 Å². The van der Waals surface area contributed by atoms with Gasteiger partial charge in [-0.2, -0.15) is 0 Å². The largest absolute Gasteiger partial charge is 0.496 e. The predicted molar refractivity (Wildman–Crippen MR) is 113 cm³/mol. The van der Waals surface area contributed by atoms with Crippen LogP contribution in [0.25, 0.3) is 0 Å². The summed E-state index contributed by atoms with van der Waals surface area (Å²) >= 11 is 0. The van der Waals surface area contributed by atoms with Gasteiger partial charge in [-0.05, 0) is 33.0 Å². The first-order chi connectivity index (χ1) is 11.7. The highest BCUT2D eigenvalue weighted by atomic mass is 127. The van der Waals surface area contributed by atoms with Crippen LogP contribution in [0.3, 0.4) is 0 Å². The molecule has 2 rings (SSSR count). The maximum absolute atomic E-state index is 5.64. The number of hydrogen-bond donors (Lipinski definition) is 2. The average Bonchev–Trinajstić information content (AvgIpc) is 3.11. The Hall–Kier alpha value is -1.06. The van der Waals surface area contributed by atoms with Gasteiger partial charge in [-0.15, -0.1) is 24.0 Å². The third-order valence-corrected chi connectivity index (χ3v) is 4.33. The lowest BCUT2D eigenvalue weighted by atomic mass is 10.0. The normalized spacial score (nSPS) is 18.6. The SMILES string of the molecule is CN=C(NCC1CCCO1)NCC(c1ccccc1OC)N(C)C.I. The molecule has 6 nitrogen and oxygen atoms in total. The lowest BCUT2D eigenvalue weighted by molar-refractivity contribution is 0.113. The molecule has 142 valence electrons. The van der Waals surface area contributed by atoms with E-state index in [1.807, 2.05) is 18.2 Å². The fraction of sp³-hybridized carbons (Fsp3) is 0.611. The molecule has 1 heterocycles. The molecule has 0 bridgehead atoms. The van der Waals surface area contributed by atoms with Gasteiger partial charge in [0.05, 0.1) is 19.3 Å². The standard InChI is InChI=1S/C18H30N4O2.HI/c1-19-18(20-12-14-8-7-11-24-14)21-13-16(22(2)3)15-9-5-6-10-17(15)23-4;/h5-6,9-10,14,16H,7-8,11-13H2,1-4H3,(H2,19,20,21);1H. The molecule has 1 aromatic rings. The molecule has 0 amide bonds. The zero-order chi connectivity index (χ0) is 17.4. The first-order valence-corrected chi connectivity index (χ1v) is 8.51. The van der Waals surface area contributed by atoms with Gasteiger partial charge in [-0.1, -0.05) is 18.2 Å². The van der Waals surface area contributed by atoms with Gasteiger partial charge >= 0.3 is 0 Å². The van der Waals surface area contributed by atoms with Gasteiger partial charge in [-0.3, -0.25) is 4.99 Å². The first-order valence-electron chi connectivity index (χ1n) is 8.51. The van der Waals surface area contributed by atoms with Gasteiger partial charge in [-0.25, -0.2) is 0 Å². The number of rotatable bonds is 7. The molecule has 2 unspecified atom stereocenters. The number of nitrogens with one attached hydrogen (secondary N) is 2. The number of likely N-dealkylation sites (N-methyl/N-ethyl adjacent to an activating group) is 1. The zero-order valence-corrected chi connectivity index (χ0v) is 17.9. The van der Waals surface area contributed by atoms with Crippen LogP contribution in [0.2, 0.25) is 0 Å². The number of ether oxygens (including phenoxy) is 2. The van der Waals surface area contributed by atoms with Crippen LogP contribution < -0.4 is 15.4 Å². The van der Waals surface area contributed by atoms with Gasteiger partial charge < -0.3 is 25.0 Å². The van der Waals surface area contributed by atoms with Crippen molar-refractivity contribution in [1.82, 2.24) is 15.5 Å². The van der Waals surface area contributed by atoms with Gasteiger partial charge in [0.1, 0.15) is 5.75 Å². The van der Waals surface area contributed by atoms with Crippen LogP contribution >= 0.6 is 24.0 Å². The summed E-state index contributed by atoms with van der Waals surface area (Å²) in [4.78, 5) is 6.48. The smallest absolute Gasteiger partial charge is 0.191 e. The molecule has 0 aromatic heterocycles. The van der Waals surface area contributed by atoms with Crippen molar-refractivity contribution in [2.45, 2.75) is 25.0 Å². The Morgan fingerprint density at radius 2 is 2.12 bits per heavy atom. The number of benzene rings is 1. The topological polar surface area (TPSA) is 58.1 Å². The van der Waals surface area contributed by atoms with Crippen LogP contribution in [0.15, 0.2) is 29.3 Å². The van der Waals surface area contributed by atoms with E-state index in [0.717, 1.165) is 49.8 Å². The Balaban J connectivity index is 0.00000312. The summed E-state index contributed by atoms with van der Waals surface area (Å²) in [5.41, 5.74) is 1.16. The minimum Gasteiger partial charge on any atom is -0.496 e. The second-order valence-corrected chi connectivity index (χ2v) is 6.19. The molecule has 2 N–H and O–H groups in total. The van der Waals surface area contributed by atoms with Crippen molar-refractivity contribution in [3.63, 3.8) is 0 Å². The molecule has 2 atom stereocenters. The summed E-state index contributed by atoms with van der Waals surface area (Å²) < 4.78 is 11.1. The Morgan fingerprint density at radius 1 is 1.36 bits per heavy atom. The summed E-state index contributed by atoms with van der Waals surface area (Å²) in [6.45, 7) is 2.40. The highest BCUT2D eigenvalue weighted by Crippen LogP contribution is 2.27. The lowest BCUT2D eigenvalue weighted by Gasteiger charge is -2.27. The molecule has 0 spiro atoms. The van der Waals surface area contributed by atoms with Crippen LogP contribution in [0.1, 0.15) is 24.4 Å². The fourth-order valence-corrected chi connectivity index (χ4v) is 2.94. The molecule has 1 aliphatic heterocycles. The van der Waals surface area contributed by atoms with E-state index in [0.29, 0.717) is 6.10 Å². The molecule has 1 aliphatic rings. The molecule has 1 aromatic carbocycles. The number of methoxy groups -OCH3 is 1. The van der Waals surface area contributed by atoms with Crippen molar-refractivity contribution in [2.24, 2.45) is 4.99 Å². The van der Waals surface area contributed by atoms with E-state index in [9.17, 15) is 0 Å². The molecule has 25 heavy (non-hydrogen) atoms. The maximum Gasteiger partial charge on any atom is 0.191 e.